The van der Waals surface area contributed by atoms with Gasteiger partial charge in [0.2, 0.25) is 5.91 Å². The molecule has 43 heavy (non-hydrogen) atoms. The second-order valence-electron chi connectivity index (χ2n) is 10.4. The van der Waals surface area contributed by atoms with E-state index in [4.69, 9.17) is 4.74 Å². The van der Waals surface area contributed by atoms with E-state index in [-0.39, 0.29) is 48.3 Å². The predicted molar refractivity (Wildman–Crippen MR) is 145 cm³/mol. The van der Waals surface area contributed by atoms with Gasteiger partial charge < -0.3 is 30.3 Å². The number of alkyl halides is 6. The lowest BCUT2D eigenvalue weighted by Crippen LogP contribution is -2.50. The van der Waals surface area contributed by atoms with Gasteiger partial charge >= 0.3 is 18.4 Å². The van der Waals surface area contributed by atoms with Crippen LogP contribution in [0.1, 0.15) is 42.6 Å². The van der Waals surface area contributed by atoms with Gasteiger partial charge in [-0.3, -0.25) is 9.59 Å². The Balaban J connectivity index is 1.81. The Hall–Kier alpha value is -4.01. The van der Waals surface area contributed by atoms with E-state index in [0.717, 1.165) is 24.3 Å². The summed E-state index contributed by atoms with van der Waals surface area (Å²) in [6, 6.07) is 6.68. The first kappa shape index (κ1) is 33.5. The molecule has 3 rings (SSSR count). The number of fused-ring (bicyclic) bond motifs is 1. The fourth-order valence-corrected chi connectivity index (χ4v) is 4.31. The van der Waals surface area contributed by atoms with Crippen LogP contribution < -0.4 is 15.4 Å². The third kappa shape index (κ3) is 9.24. The Morgan fingerprint density at radius 1 is 1.07 bits per heavy atom. The summed E-state index contributed by atoms with van der Waals surface area (Å²) in [4.78, 5) is 41.0. The molecule has 9 nitrogen and oxygen atoms in total. The van der Waals surface area contributed by atoms with E-state index in [9.17, 15) is 45.8 Å². The van der Waals surface area contributed by atoms with Crippen molar-refractivity contribution >= 4 is 29.2 Å². The molecule has 3 N–H and O–H groups in total. The zero-order valence-electron chi connectivity index (χ0n) is 23.6. The largest absolute Gasteiger partial charge is 0.487 e. The maximum Gasteiger partial charge on any atom is 0.416 e. The van der Waals surface area contributed by atoms with Gasteiger partial charge in [-0.1, -0.05) is 6.92 Å². The monoisotopic (exact) mass is 618 g/mol. The maximum absolute atomic E-state index is 13.5. The lowest BCUT2D eigenvalue weighted by Gasteiger charge is -2.38. The first-order valence-corrected chi connectivity index (χ1v) is 13.3. The van der Waals surface area contributed by atoms with Crippen molar-refractivity contribution in [3.63, 3.8) is 0 Å². The standard InChI is InChI=1S/C28H32F6N4O5/c1-16-13-38(17(2)15-39)25(41)21-12-20(35-24(40)10-11-27(29,30)31)8-9-22(21)43-23(16)14-37(3)26(42)36-19-6-4-18(5-7-19)28(32,33)34/h4-9,12,16-17,23,39H,10-11,13-15H2,1-3H3,(H,35,40)(H,36,42)/t16-,17-,23-/m1/s1. The van der Waals surface area contributed by atoms with Crippen LogP contribution in [0.15, 0.2) is 42.5 Å². The normalized spacial score (nSPS) is 18.1. The van der Waals surface area contributed by atoms with Gasteiger partial charge in [-0.25, -0.2) is 4.79 Å². The Kier molecular flexibility index (Phi) is 10.5. The van der Waals surface area contributed by atoms with E-state index in [2.05, 4.69) is 10.6 Å². The van der Waals surface area contributed by atoms with E-state index >= 15 is 0 Å². The highest BCUT2D eigenvalue weighted by molar-refractivity contribution is 6.00. The number of carbonyl (C=O) groups is 3. The number of ether oxygens (including phenoxy) is 1. The third-order valence-corrected chi connectivity index (χ3v) is 6.85. The topological polar surface area (TPSA) is 111 Å². The molecule has 1 heterocycles. The first-order chi connectivity index (χ1) is 20.0. The van der Waals surface area contributed by atoms with Crippen LogP contribution in [-0.4, -0.2) is 77.8 Å². The number of aliphatic hydroxyl groups is 1. The number of amides is 4. The van der Waals surface area contributed by atoms with Crippen LogP contribution in [0.2, 0.25) is 0 Å². The molecule has 1 aliphatic rings. The second kappa shape index (κ2) is 13.5. The number of hydrogen-bond donors (Lipinski definition) is 3. The molecule has 236 valence electrons. The van der Waals surface area contributed by atoms with Crippen molar-refractivity contribution in [2.24, 2.45) is 5.92 Å². The number of aliphatic hydroxyl groups excluding tert-OH is 1. The molecule has 0 aromatic heterocycles. The first-order valence-electron chi connectivity index (χ1n) is 13.3. The number of anilines is 2. The van der Waals surface area contributed by atoms with Crippen molar-refractivity contribution < 1.29 is 50.6 Å². The van der Waals surface area contributed by atoms with Crippen molar-refractivity contribution in [1.82, 2.24) is 9.80 Å². The van der Waals surface area contributed by atoms with Crippen LogP contribution in [-0.2, 0) is 11.0 Å². The molecule has 15 heteroatoms. The van der Waals surface area contributed by atoms with Crippen LogP contribution in [0.25, 0.3) is 0 Å². The van der Waals surface area contributed by atoms with Crippen molar-refractivity contribution in [3.8, 4) is 5.75 Å². The van der Waals surface area contributed by atoms with Gasteiger partial charge in [0.15, 0.2) is 0 Å². The quantitative estimate of drug-likeness (QED) is 0.345. The molecule has 0 unspecified atom stereocenters. The van der Waals surface area contributed by atoms with E-state index in [1.54, 1.807) is 13.8 Å². The number of halogens is 6. The molecule has 0 saturated carbocycles. The van der Waals surface area contributed by atoms with E-state index < -0.39 is 60.7 Å². The van der Waals surface area contributed by atoms with E-state index in [1.807, 2.05) is 0 Å². The minimum absolute atomic E-state index is 0.0114. The van der Waals surface area contributed by atoms with Crippen LogP contribution >= 0.6 is 0 Å². The van der Waals surface area contributed by atoms with Crippen LogP contribution in [0.4, 0.5) is 42.5 Å². The Morgan fingerprint density at radius 2 is 1.70 bits per heavy atom. The second-order valence-corrected chi connectivity index (χ2v) is 10.4. The smallest absolute Gasteiger partial charge is 0.416 e. The number of nitrogens with zero attached hydrogens (tertiary/aromatic N) is 2. The molecule has 0 aliphatic carbocycles. The summed E-state index contributed by atoms with van der Waals surface area (Å²) < 4.78 is 82.2. The summed E-state index contributed by atoms with van der Waals surface area (Å²) in [5, 5.41) is 14.6. The highest BCUT2D eigenvalue weighted by Gasteiger charge is 2.35. The van der Waals surface area contributed by atoms with Crippen molar-refractivity contribution in [3.05, 3.63) is 53.6 Å². The minimum atomic E-state index is -4.52. The number of nitrogens with one attached hydrogen (secondary N) is 2. The predicted octanol–water partition coefficient (Wildman–Crippen LogP) is 5.37. The summed E-state index contributed by atoms with van der Waals surface area (Å²) >= 11 is 0. The maximum atomic E-state index is 13.5. The van der Waals surface area contributed by atoms with Crippen molar-refractivity contribution in [2.75, 3.05) is 37.4 Å². The molecule has 3 atom stereocenters. The molecule has 4 amide bonds. The van der Waals surface area contributed by atoms with Gasteiger partial charge in [0.1, 0.15) is 11.9 Å². The molecule has 0 bridgehead atoms. The molecule has 0 radical (unpaired) electrons. The van der Waals surface area contributed by atoms with Crippen molar-refractivity contribution in [1.29, 1.82) is 0 Å². The third-order valence-electron chi connectivity index (χ3n) is 6.85. The Bertz CT molecular complexity index is 1300. The summed E-state index contributed by atoms with van der Waals surface area (Å²) in [5.41, 5.74) is -0.671. The average molecular weight is 619 g/mol. The SMILES string of the molecule is C[C@@H]1CN([C@H](C)CO)C(=O)c2cc(NC(=O)CCC(F)(F)F)ccc2O[C@@H]1CN(C)C(=O)Nc1ccc(C(F)(F)F)cc1. The highest BCUT2D eigenvalue weighted by Crippen LogP contribution is 2.32. The minimum Gasteiger partial charge on any atom is -0.487 e. The van der Waals surface area contributed by atoms with Gasteiger partial charge in [-0.2, -0.15) is 26.3 Å². The summed E-state index contributed by atoms with van der Waals surface area (Å²) in [6.45, 7) is 3.10. The molecular weight excluding hydrogens is 586 g/mol. The average Bonchev–Trinajstić information content (AvgIpc) is 2.93. The number of benzene rings is 2. The summed E-state index contributed by atoms with van der Waals surface area (Å²) in [6.07, 6.45) is -11.9. The molecule has 2 aromatic rings. The fourth-order valence-electron chi connectivity index (χ4n) is 4.31. The summed E-state index contributed by atoms with van der Waals surface area (Å²) in [5.74, 6) is -1.73. The van der Waals surface area contributed by atoms with E-state index in [1.165, 1.54) is 35.0 Å². The van der Waals surface area contributed by atoms with Gasteiger partial charge in [-0.05, 0) is 49.4 Å². The highest BCUT2D eigenvalue weighted by atomic mass is 19.4. The molecule has 0 spiro atoms. The molecule has 2 aromatic carbocycles. The molecular formula is C28H32F6N4O5. The van der Waals surface area contributed by atoms with Crippen LogP contribution in [0, 0.1) is 5.92 Å². The van der Waals surface area contributed by atoms with E-state index in [0.29, 0.717) is 0 Å². The van der Waals surface area contributed by atoms with Crippen molar-refractivity contribution in [2.45, 2.75) is 51.2 Å². The number of urea groups is 1. The number of hydrogen-bond acceptors (Lipinski definition) is 5. The van der Waals surface area contributed by atoms with Gasteiger partial charge in [0.25, 0.3) is 5.91 Å². The Labute approximate surface area is 243 Å². The van der Waals surface area contributed by atoms with Crippen LogP contribution in [0.3, 0.4) is 0 Å². The zero-order chi connectivity index (χ0) is 32.1. The van der Waals surface area contributed by atoms with Gasteiger partial charge in [0.05, 0.1) is 36.7 Å². The number of carbonyl (C=O) groups excluding carboxylic acids is 3. The fraction of sp³-hybridized carbons (Fsp3) is 0.464. The number of likely N-dealkylation sites (N-methyl/N-ethyl adjacent to an activating group) is 1. The lowest BCUT2D eigenvalue weighted by molar-refractivity contribution is -0.142. The Morgan fingerprint density at radius 3 is 2.28 bits per heavy atom. The molecule has 0 saturated heterocycles. The summed E-state index contributed by atoms with van der Waals surface area (Å²) in [7, 11) is 1.45. The van der Waals surface area contributed by atoms with Crippen LogP contribution in [0.5, 0.6) is 5.75 Å². The zero-order valence-corrected chi connectivity index (χ0v) is 23.6. The lowest BCUT2D eigenvalue weighted by atomic mass is 9.99. The molecule has 0 fully saturated rings. The van der Waals surface area contributed by atoms with Gasteiger partial charge in [-0.15, -0.1) is 0 Å². The molecule has 1 aliphatic heterocycles. The van der Waals surface area contributed by atoms with Gasteiger partial charge in [0, 0.05) is 37.3 Å². The number of rotatable bonds is 8.